The molecule has 0 N–H and O–H groups in total. The maximum absolute atomic E-state index is 12.8. The summed E-state index contributed by atoms with van der Waals surface area (Å²) in [4.78, 5) is 21.4. The molecule has 2 aromatic carbocycles. The highest BCUT2D eigenvalue weighted by atomic mass is 35.5. The first kappa shape index (κ1) is 20.8. The maximum atomic E-state index is 12.8. The molecule has 0 saturated carbocycles. The lowest BCUT2D eigenvalue weighted by molar-refractivity contribution is 0.0552. The lowest BCUT2D eigenvalue weighted by Crippen LogP contribution is -2.49. The molecule has 1 atom stereocenters. The van der Waals surface area contributed by atoms with Gasteiger partial charge >= 0.3 is 0 Å². The van der Waals surface area contributed by atoms with Crippen LogP contribution in [0.4, 0.5) is 0 Å². The molecular formula is C22H22Cl2N4O2. The van der Waals surface area contributed by atoms with E-state index in [2.05, 4.69) is 15.0 Å². The molecule has 0 aliphatic carbocycles. The molecule has 1 aliphatic heterocycles. The SMILES string of the molecule is Cc1ccc(-c2noc([C@@H](C)N3CCN(C(=O)c4ccc(Cl)cc4Cl)CC3)n2)cc1. The van der Waals surface area contributed by atoms with Crippen LogP contribution in [-0.2, 0) is 0 Å². The Kier molecular flexibility index (Phi) is 6.09. The van der Waals surface area contributed by atoms with Gasteiger partial charge < -0.3 is 9.42 Å². The largest absolute Gasteiger partial charge is 0.337 e. The van der Waals surface area contributed by atoms with Gasteiger partial charge in [-0.2, -0.15) is 4.98 Å². The Morgan fingerprint density at radius 1 is 1.07 bits per heavy atom. The number of rotatable bonds is 4. The van der Waals surface area contributed by atoms with Crippen LogP contribution in [0.2, 0.25) is 10.0 Å². The first-order chi connectivity index (χ1) is 14.4. The van der Waals surface area contributed by atoms with E-state index in [0.29, 0.717) is 53.5 Å². The third kappa shape index (κ3) is 4.36. The Morgan fingerprint density at radius 2 is 1.77 bits per heavy atom. The molecule has 0 radical (unpaired) electrons. The van der Waals surface area contributed by atoms with Crippen molar-refractivity contribution in [2.45, 2.75) is 19.9 Å². The minimum Gasteiger partial charge on any atom is -0.337 e. The van der Waals surface area contributed by atoms with Crippen molar-refractivity contribution in [1.29, 1.82) is 0 Å². The van der Waals surface area contributed by atoms with E-state index in [1.807, 2.05) is 43.0 Å². The molecule has 0 spiro atoms. The predicted molar refractivity (Wildman–Crippen MR) is 117 cm³/mol. The van der Waals surface area contributed by atoms with Gasteiger partial charge in [0.25, 0.3) is 5.91 Å². The number of piperazine rings is 1. The molecular weight excluding hydrogens is 423 g/mol. The van der Waals surface area contributed by atoms with E-state index >= 15 is 0 Å². The van der Waals surface area contributed by atoms with Crippen LogP contribution in [-0.4, -0.2) is 52.0 Å². The molecule has 1 saturated heterocycles. The first-order valence-corrected chi connectivity index (χ1v) is 10.6. The summed E-state index contributed by atoms with van der Waals surface area (Å²) in [6.07, 6.45) is 0. The molecule has 1 aliphatic rings. The van der Waals surface area contributed by atoms with Crippen molar-refractivity contribution in [3.05, 3.63) is 69.5 Å². The zero-order chi connectivity index (χ0) is 21.3. The van der Waals surface area contributed by atoms with Gasteiger partial charge in [-0.3, -0.25) is 9.69 Å². The topological polar surface area (TPSA) is 62.5 Å². The summed E-state index contributed by atoms with van der Waals surface area (Å²) in [6.45, 7) is 6.70. The van der Waals surface area contributed by atoms with Crippen molar-refractivity contribution in [2.75, 3.05) is 26.2 Å². The number of carbonyl (C=O) groups excluding carboxylic acids is 1. The Hall–Kier alpha value is -2.41. The van der Waals surface area contributed by atoms with Crippen LogP contribution in [0, 0.1) is 6.92 Å². The minimum absolute atomic E-state index is 0.0342. The fourth-order valence-corrected chi connectivity index (χ4v) is 4.02. The number of amides is 1. The summed E-state index contributed by atoms with van der Waals surface area (Å²) in [5.41, 5.74) is 2.59. The van der Waals surface area contributed by atoms with Gasteiger partial charge in [0.15, 0.2) is 0 Å². The smallest absolute Gasteiger partial charge is 0.255 e. The Balaban J connectivity index is 1.39. The molecule has 6 nitrogen and oxygen atoms in total. The van der Waals surface area contributed by atoms with Crippen LogP contribution in [0.1, 0.15) is 34.8 Å². The number of hydrogen-bond acceptors (Lipinski definition) is 5. The van der Waals surface area contributed by atoms with Crippen molar-refractivity contribution in [3.63, 3.8) is 0 Å². The van der Waals surface area contributed by atoms with Crippen LogP contribution < -0.4 is 0 Å². The summed E-state index contributed by atoms with van der Waals surface area (Å²) in [7, 11) is 0. The van der Waals surface area contributed by atoms with Gasteiger partial charge in [0.05, 0.1) is 16.6 Å². The summed E-state index contributed by atoms with van der Waals surface area (Å²) >= 11 is 12.1. The van der Waals surface area contributed by atoms with Crippen LogP contribution >= 0.6 is 23.2 Å². The van der Waals surface area contributed by atoms with Crippen LogP contribution in [0.25, 0.3) is 11.4 Å². The minimum atomic E-state index is -0.0802. The van der Waals surface area contributed by atoms with Crippen molar-refractivity contribution in [3.8, 4) is 11.4 Å². The number of nitrogens with zero attached hydrogens (tertiary/aromatic N) is 4. The molecule has 4 rings (SSSR count). The lowest BCUT2D eigenvalue weighted by atomic mass is 10.1. The third-order valence-corrected chi connectivity index (χ3v) is 5.97. The highest BCUT2D eigenvalue weighted by Crippen LogP contribution is 2.26. The zero-order valence-electron chi connectivity index (χ0n) is 16.8. The quantitative estimate of drug-likeness (QED) is 0.574. The number of halogens is 2. The van der Waals surface area contributed by atoms with Crippen molar-refractivity contribution < 1.29 is 9.32 Å². The highest BCUT2D eigenvalue weighted by molar-refractivity contribution is 6.36. The fraction of sp³-hybridized carbons (Fsp3) is 0.318. The van der Waals surface area contributed by atoms with Crippen LogP contribution in [0.5, 0.6) is 0 Å². The van der Waals surface area contributed by atoms with E-state index in [4.69, 9.17) is 27.7 Å². The van der Waals surface area contributed by atoms with Crippen molar-refractivity contribution >= 4 is 29.1 Å². The molecule has 3 aromatic rings. The van der Waals surface area contributed by atoms with Crippen LogP contribution in [0.15, 0.2) is 47.0 Å². The molecule has 156 valence electrons. The number of aryl methyl sites for hydroxylation is 1. The average molecular weight is 445 g/mol. The van der Waals surface area contributed by atoms with E-state index in [1.165, 1.54) is 5.56 Å². The normalized spacial score (nSPS) is 15.9. The number of carbonyl (C=O) groups is 1. The fourth-order valence-electron chi connectivity index (χ4n) is 3.53. The van der Waals surface area contributed by atoms with Gasteiger partial charge in [-0.1, -0.05) is 58.2 Å². The van der Waals surface area contributed by atoms with Gasteiger partial charge in [0, 0.05) is 36.8 Å². The Labute approximate surface area is 185 Å². The zero-order valence-corrected chi connectivity index (χ0v) is 18.3. The summed E-state index contributed by atoms with van der Waals surface area (Å²) in [5, 5.41) is 5.02. The summed E-state index contributed by atoms with van der Waals surface area (Å²) in [6, 6.07) is 12.9. The average Bonchev–Trinajstić information content (AvgIpc) is 3.24. The van der Waals surface area contributed by atoms with Gasteiger partial charge in [-0.15, -0.1) is 0 Å². The van der Waals surface area contributed by atoms with Gasteiger partial charge in [0.1, 0.15) is 0 Å². The van der Waals surface area contributed by atoms with Gasteiger partial charge in [-0.05, 0) is 32.0 Å². The monoisotopic (exact) mass is 444 g/mol. The second-order valence-corrected chi connectivity index (χ2v) is 8.29. The molecule has 1 aromatic heterocycles. The predicted octanol–water partition coefficient (Wildman–Crippen LogP) is 4.87. The lowest BCUT2D eigenvalue weighted by Gasteiger charge is -2.36. The number of aromatic nitrogens is 2. The standard InChI is InChI=1S/C22H22Cl2N4O2/c1-14-3-5-16(6-4-14)20-25-21(30-26-20)15(2)27-9-11-28(12-10-27)22(29)18-8-7-17(23)13-19(18)24/h3-8,13,15H,9-12H2,1-2H3/t15-/m1/s1. The molecule has 2 heterocycles. The second-order valence-electron chi connectivity index (χ2n) is 7.45. The molecule has 8 heteroatoms. The van der Waals surface area contributed by atoms with E-state index in [1.54, 1.807) is 18.2 Å². The first-order valence-electron chi connectivity index (χ1n) is 9.81. The van der Waals surface area contributed by atoms with E-state index in [9.17, 15) is 4.79 Å². The Morgan fingerprint density at radius 3 is 2.43 bits per heavy atom. The maximum Gasteiger partial charge on any atom is 0.255 e. The van der Waals surface area contributed by atoms with E-state index in [-0.39, 0.29) is 11.9 Å². The van der Waals surface area contributed by atoms with Crippen LogP contribution in [0.3, 0.4) is 0 Å². The van der Waals surface area contributed by atoms with E-state index in [0.717, 1.165) is 5.56 Å². The third-order valence-electron chi connectivity index (χ3n) is 5.42. The van der Waals surface area contributed by atoms with Crippen molar-refractivity contribution in [2.24, 2.45) is 0 Å². The molecule has 30 heavy (non-hydrogen) atoms. The second kappa shape index (κ2) is 8.76. The van der Waals surface area contributed by atoms with Gasteiger partial charge in [-0.25, -0.2) is 0 Å². The van der Waals surface area contributed by atoms with Crippen molar-refractivity contribution in [1.82, 2.24) is 19.9 Å². The van der Waals surface area contributed by atoms with E-state index < -0.39 is 0 Å². The number of benzene rings is 2. The highest BCUT2D eigenvalue weighted by Gasteiger charge is 2.28. The summed E-state index contributed by atoms with van der Waals surface area (Å²) < 4.78 is 5.52. The molecule has 1 amide bonds. The molecule has 0 unspecified atom stereocenters. The summed E-state index contributed by atoms with van der Waals surface area (Å²) in [5.74, 6) is 1.08. The molecule has 0 bridgehead atoms. The Bertz CT molecular complexity index is 1040. The number of hydrogen-bond donors (Lipinski definition) is 0. The van der Waals surface area contributed by atoms with Gasteiger partial charge in [0.2, 0.25) is 11.7 Å². The molecule has 1 fully saturated rings.